The molecule has 0 saturated carbocycles. The van der Waals surface area contributed by atoms with Crippen LogP contribution in [-0.2, 0) is 19.8 Å². The number of hydrogen-bond acceptors (Lipinski definition) is 4. The molecule has 0 bridgehead atoms. The second-order valence-corrected chi connectivity index (χ2v) is 7.05. The van der Waals surface area contributed by atoms with Crippen LogP contribution in [0.25, 0.3) is 10.2 Å². The number of aromatic nitrogens is 4. The van der Waals surface area contributed by atoms with E-state index in [0.717, 1.165) is 27.3 Å². The van der Waals surface area contributed by atoms with Crippen molar-refractivity contribution >= 4 is 27.5 Å². The number of thiophene rings is 1. The van der Waals surface area contributed by atoms with Crippen LogP contribution in [0.2, 0.25) is 0 Å². The summed E-state index contributed by atoms with van der Waals surface area (Å²) < 4.78 is 42.1. The van der Waals surface area contributed by atoms with E-state index < -0.39 is 17.8 Å². The molecule has 6 nitrogen and oxygen atoms in total. The monoisotopic (exact) mass is 385 g/mol. The highest BCUT2D eigenvalue weighted by Gasteiger charge is 2.37. The van der Waals surface area contributed by atoms with Crippen LogP contribution in [0.4, 0.5) is 13.2 Å². The maximum atomic E-state index is 13.1. The number of nitrogens with one attached hydrogen (secondary N) is 1. The Morgan fingerprint density at radius 1 is 1.38 bits per heavy atom. The van der Waals surface area contributed by atoms with Crippen LogP contribution in [-0.4, -0.2) is 25.5 Å². The Hall–Kier alpha value is -2.36. The molecule has 0 aromatic carbocycles. The van der Waals surface area contributed by atoms with Gasteiger partial charge in [-0.15, -0.1) is 11.3 Å². The standard InChI is InChI=1S/C16H18F3N5OS/c1-5-24-7-11(9(3)21-24)8(2)20-14(25)12-6-10-13(16(17,18)19)22-23(4)15(10)26-12/h6-8H,5H2,1-4H3,(H,20,25)/t8-/m1/s1. The quantitative estimate of drug-likeness (QED) is 0.745. The van der Waals surface area contributed by atoms with Crippen LogP contribution >= 0.6 is 11.3 Å². The molecule has 0 fully saturated rings. The Morgan fingerprint density at radius 2 is 2.08 bits per heavy atom. The minimum Gasteiger partial charge on any atom is -0.345 e. The van der Waals surface area contributed by atoms with E-state index in [1.165, 1.54) is 13.1 Å². The molecule has 1 atom stereocenters. The molecule has 3 aromatic rings. The SMILES string of the molecule is CCn1cc([C@@H](C)NC(=O)c2cc3c(C(F)(F)F)nn(C)c3s2)c(C)n1. The Labute approximate surface area is 151 Å². The fourth-order valence-corrected chi connectivity index (χ4v) is 3.80. The van der Waals surface area contributed by atoms with Crippen molar-refractivity contribution in [1.29, 1.82) is 0 Å². The molecule has 140 valence electrons. The van der Waals surface area contributed by atoms with Gasteiger partial charge in [-0.25, -0.2) is 0 Å². The molecule has 0 spiro atoms. The Bertz CT molecular complexity index is 969. The lowest BCUT2D eigenvalue weighted by atomic mass is 10.1. The number of carbonyl (C=O) groups excluding carboxylic acids is 1. The van der Waals surface area contributed by atoms with Gasteiger partial charge in [0.2, 0.25) is 0 Å². The van der Waals surface area contributed by atoms with Gasteiger partial charge >= 0.3 is 6.18 Å². The van der Waals surface area contributed by atoms with Gasteiger partial charge in [-0.1, -0.05) is 0 Å². The summed E-state index contributed by atoms with van der Waals surface area (Å²) in [6.07, 6.45) is -2.70. The van der Waals surface area contributed by atoms with Gasteiger partial charge in [-0.3, -0.25) is 14.2 Å². The lowest BCUT2D eigenvalue weighted by Gasteiger charge is -2.12. The minimum atomic E-state index is -4.56. The number of alkyl halides is 3. The first-order chi connectivity index (χ1) is 12.1. The van der Waals surface area contributed by atoms with Gasteiger partial charge in [0.05, 0.1) is 16.6 Å². The highest BCUT2D eigenvalue weighted by atomic mass is 32.1. The zero-order chi connectivity index (χ0) is 19.2. The van der Waals surface area contributed by atoms with E-state index in [1.54, 1.807) is 4.68 Å². The van der Waals surface area contributed by atoms with Gasteiger partial charge < -0.3 is 5.32 Å². The number of amides is 1. The zero-order valence-electron chi connectivity index (χ0n) is 14.7. The molecule has 26 heavy (non-hydrogen) atoms. The summed E-state index contributed by atoms with van der Waals surface area (Å²) in [6.45, 7) is 6.34. The second kappa shape index (κ2) is 6.42. The summed E-state index contributed by atoms with van der Waals surface area (Å²) in [7, 11) is 1.43. The van der Waals surface area contributed by atoms with Crippen molar-refractivity contribution in [2.24, 2.45) is 7.05 Å². The Morgan fingerprint density at radius 3 is 2.65 bits per heavy atom. The number of fused-ring (bicyclic) bond motifs is 1. The fourth-order valence-electron chi connectivity index (χ4n) is 2.83. The van der Waals surface area contributed by atoms with Crippen LogP contribution in [0.1, 0.15) is 46.5 Å². The summed E-state index contributed by atoms with van der Waals surface area (Å²) in [5.74, 6) is -0.421. The third-order valence-electron chi connectivity index (χ3n) is 4.13. The summed E-state index contributed by atoms with van der Waals surface area (Å²) in [5, 5.41) is 10.6. The van der Waals surface area contributed by atoms with E-state index in [9.17, 15) is 18.0 Å². The Balaban J connectivity index is 1.87. The highest BCUT2D eigenvalue weighted by Crippen LogP contribution is 2.37. The molecule has 10 heteroatoms. The molecule has 1 N–H and O–H groups in total. The molecule has 0 radical (unpaired) electrons. The Kier molecular flexibility index (Phi) is 4.55. The maximum Gasteiger partial charge on any atom is 0.435 e. The molecule has 0 unspecified atom stereocenters. The first-order valence-corrected chi connectivity index (χ1v) is 8.82. The van der Waals surface area contributed by atoms with Crippen molar-refractivity contribution in [3.8, 4) is 0 Å². The van der Waals surface area contributed by atoms with Gasteiger partial charge in [-0.2, -0.15) is 23.4 Å². The highest BCUT2D eigenvalue weighted by molar-refractivity contribution is 7.20. The number of aryl methyl sites for hydroxylation is 3. The van der Waals surface area contributed by atoms with Crippen molar-refractivity contribution in [3.05, 3.63) is 34.1 Å². The second-order valence-electron chi connectivity index (χ2n) is 6.02. The summed E-state index contributed by atoms with van der Waals surface area (Å²) in [4.78, 5) is 13.0. The van der Waals surface area contributed by atoms with Gasteiger partial charge in [0.15, 0.2) is 5.69 Å². The van der Waals surface area contributed by atoms with E-state index in [1.807, 2.05) is 27.0 Å². The molecule has 3 heterocycles. The molecule has 1 amide bonds. The third-order valence-corrected chi connectivity index (χ3v) is 5.33. The fraction of sp³-hybridized carbons (Fsp3) is 0.438. The van der Waals surface area contributed by atoms with E-state index in [-0.39, 0.29) is 16.3 Å². The smallest absolute Gasteiger partial charge is 0.345 e. The lowest BCUT2D eigenvalue weighted by molar-refractivity contribution is -0.140. The molecule has 3 aromatic heterocycles. The van der Waals surface area contributed by atoms with E-state index in [0.29, 0.717) is 11.4 Å². The van der Waals surface area contributed by atoms with Crippen molar-refractivity contribution in [3.63, 3.8) is 0 Å². The normalized spacial score (nSPS) is 13.3. The molecule has 0 aliphatic rings. The first-order valence-electron chi connectivity index (χ1n) is 8.00. The van der Waals surface area contributed by atoms with E-state index >= 15 is 0 Å². The average Bonchev–Trinajstić information content (AvgIpc) is 3.21. The molecular weight excluding hydrogens is 367 g/mol. The minimum absolute atomic E-state index is 0.0576. The first kappa shape index (κ1) is 18.4. The van der Waals surface area contributed by atoms with Crippen molar-refractivity contribution < 1.29 is 18.0 Å². The van der Waals surface area contributed by atoms with E-state index in [2.05, 4.69) is 15.5 Å². The number of rotatable bonds is 4. The maximum absolute atomic E-state index is 13.1. The van der Waals surface area contributed by atoms with Crippen LogP contribution in [0, 0.1) is 6.92 Å². The van der Waals surface area contributed by atoms with Gasteiger partial charge in [-0.05, 0) is 26.8 Å². The third kappa shape index (κ3) is 3.20. The topological polar surface area (TPSA) is 64.7 Å². The van der Waals surface area contributed by atoms with Crippen LogP contribution in [0.15, 0.2) is 12.3 Å². The predicted molar refractivity (Wildman–Crippen MR) is 92.1 cm³/mol. The van der Waals surface area contributed by atoms with E-state index in [4.69, 9.17) is 0 Å². The summed E-state index contributed by atoms with van der Waals surface area (Å²) >= 11 is 0.988. The predicted octanol–water partition coefficient (Wildman–Crippen LogP) is 3.67. The molecule has 3 rings (SSSR count). The molecular formula is C16H18F3N5OS. The van der Waals surface area contributed by atoms with Crippen molar-refractivity contribution in [2.45, 2.75) is 39.5 Å². The van der Waals surface area contributed by atoms with Gasteiger partial charge in [0.25, 0.3) is 5.91 Å². The number of hydrogen-bond donors (Lipinski definition) is 1. The molecule has 0 aliphatic carbocycles. The molecule has 0 aliphatic heterocycles. The van der Waals surface area contributed by atoms with Gasteiger partial charge in [0.1, 0.15) is 4.83 Å². The summed E-state index contributed by atoms with van der Waals surface area (Å²) in [5.41, 5.74) is 0.705. The van der Waals surface area contributed by atoms with Crippen molar-refractivity contribution in [1.82, 2.24) is 24.9 Å². The lowest BCUT2D eigenvalue weighted by Crippen LogP contribution is -2.26. The number of carbonyl (C=O) groups is 1. The average molecular weight is 385 g/mol. The van der Waals surface area contributed by atoms with Crippen LogP contribution in [0.5, 0.6) is 0 Å². The largest absolute Gasteiger partial charge is 0.435 e. The van der Waals surface area contributed by atoms with Crippen LogP contribution in [0.3, 0.4) is 0 Å². The summed E-state index contributed by atoms with van der Waals surface area (Å²) in [6, 6.07) is 0.938. The zero-order valence-corrected chi connectivity index (χ0v) is 15.5. The van der Waals surface area contributed by atoms with Crippen LogP contribution < -0.4 is 5.32 Å². The van der Waals surface area contributed by atoms with Crippen molar-refractivity contribution in [2.75, 3.05) is 0 Å². The molecule has 0 saturated heterocycles. The number of halogens is 3. The van der Waals surface area contributed by atoms with Gasteiger partial charge in [0, 0.05) is 30.7 Å². The number of nitrogens with zero attached hydrogens (tertiary/aromatic N) is 4.